The third-order valence-electron chi connectivity index (χ3n) is 3.12. The molecule has 0 amide bonds. The zero-order valence-corrected chi connectivity index (χ0v) is 10.6. The SMILES string of the molecule is CN(C)Cc1cnc(C2(CN)CC(O)C2)s1. The first-order chi connectivity index (χ1) is 7.55. The summed E-state index contributed by atoms with van der Waals surface area (Å²) in [5.74, 6) is 0. The Morgan fingerprint density at radius 3 is 2.81 bits per heavy atom. The van der Waals surface area contributed by atoms with Gasteiger partial charge >= 0.3 is 0 Å². The van der Waals surface area contributed by atoms with E-state index in [4.69, 9.17) is 5.73 Å². The first-order valence-corrected chi connectivity index (χ1v) is 6.35. The molecule has 2 rings (SSSR count). The molecule has 3 N–H and O–H groups in total. The molecule has 16 heavy (non-hydrogen) atoms. The lowest BCUT2D eigenvalue weighted by molar-refractivity contribution is 0.0220. The first-order valence-electron chi connectivity index (χ1n) is 5.54. The molecule has 1 aromatic rings. The van der Waals surface area contributed by atoms with E-state index in [-0.39, 0.29) is 11.5 Å². The number of hydrogen-bond acceptors (Lipinski definition) is 5. The van der Waals surface area contributed by atoms with Gasteiger partial charge in [0.05, 0.1) is 6.10 Å². The van der Waals surface area contributed by atoms with Crippen LogP contribution in [0, 0.1) is 0 Å². The molecule has 1 aromatic heterocycles. The highest BCUT2D eigenvalue weighted by Crippen LogP contribution is 2.44. The number of thiazole rings is 1. The average Bonchev–Trinajstić information content (AvgIpc) is 2.60. The van der Waals surface area contributed by atoms with Gasteiger partial charge in [0.1, 0.15) is 5.01 Å². The molecule has 0 aromatic carbocycles. The topological polar surface area (TPSA) is 62.4 Å². The van der Waals surface area contributed by atoms with E-state index in [9.17, 15) is 5.11 Å². The van der Waals surface area contributed by atoms with Crippen LogP contribution in [-0.4, -0.2) is 41.7 Å². The molecule has 0 spiro atoms. The molecule has 1 aliphatic carbocycles. The van der Waals surface area contributed by atoms with Gasteiger partial charge < -0.3 is 15.7 Å². The summed E-state index contributed by atoms with van der Waals surface area (Å²) in [5.41, 5.74) is 5.77. The van der Waals surface area contributed by atoms with Crippen LogP contribution in [0.15, 0.2) is 6.20 Å². The number of nitrogens with zero attached hydrogens (tertiary/aromatic N) is 2. The van der Waals surface area contributed by atoms with Gasteiger partial charge in [0.2, 0.25) is 0 Å². The van der Waals surface area contributed by atoms with Crippen molar-refractivity contribution in [1.82, 2.24) is 9.88 Å². The van der Waals surface area contributed by atoms with Crippen molar-refractivity contribution >= 4 is 11.3 Å². The minimum atomic E-state index is -0.190. The zero-order valence-electron chi connectivity index (χ0n) is 9.81. The van der Waals surface area contributed by atoms with Crippen LogP contribution in [0.5, 0.6) is 0 Å². The lowest BCUT2D eigenvalue weighted by Gasteiger charge is -2.43. The smallest absolute Gasteiger partial charge is 0.100 e. The molecule has 4 nitrogen and oxygen atoms in total. The van der Waals surface area contributed by atoms with Gasteiger partial charge in [-0.15, -0.1) is 11.3 Å². The van der Waals surface area contributed by atoms with Crippen LogP contribution in [0.4, 0.5) is 0 Å². The molecule has 1 fully saturated rings. The summed E-state index contributed by atoms with van der Waals surface area (Å²) < 4.78 is 0. The number of aliphatic hydroxyl groups is 1. The van der Waals surface area contributed by atoms with Crippen molar-refractivity contribution in [1.29, 1.82) is 0 Å². The summed E-state index contributed by atoms with van der Waals surface area (Å²) in [5, 5.41) is 10.5. The third-order valence-corrected chi connectivity index (χ3v) is 4.35. The molecule has 5 heteroatoms. The van der Waals surface area contributed by atoms with Gasteiger partial charge in [-0.1, -0.05) is 0 Å². The zero-order chi connectivity index (χ0) is 11.8. The van der Waals surface area contributed by atoms with Crippen molar-refractivity contribution in [2.24, 2.45) is 5.73 Å². The van der Waals surface area contributed by atoms with Crippen molar-refractivity contribution in [3.8, 4) is 0 Å². The van der Waals surface area contributed by atoms with Crippen LogP contribution in [0.2, 0.25) is 0 Å². The van der Waals surface area contributed by atoms with Crippen LogP contribution in [0.25, 0.3) is 0 Å². The lowest BCUT2D eigenvalue weighted by atomic mass is 9.67. The van der Waals surface area contributed by atoms with Gasteiger partial charge in [0, 0.05) is 29.6 Å². The fraction of sp³-hybridized carbons (Fsp3) is 0.727. The van der Waals surface area contributed by atoms with E-state index in [0.29, 0.717) is 6.54 Å². The Morgan fingerprint density at radius 2 is 2.31 bits per heavy atom. The molecule has 1 heterocycles. The summed E-state index contributed by atoms with van der Waals surface area (Å²) in [6.07, 6.45) is 3.27. The Morgan fingerprint density at radius 1 is 1.62 bits per heavy atom. The van der Waals surface area contributed by atoms with Gasteiger partial charge in [-0.2, -0.15) is 0 Å². The first kappa shape index (κ1) is 12.0. The van der Waals surface area contributed by atoms with Crippen molar-refractivity contribution in [2.45, 2.75) is 30.9 Å². The predicted molar refractivity (Wildman–Crippen MR) is 65.5 cm³/mol. The molecule has 0 aliphatic heterocycles. The molecule has 0 bridgehead atoms. The molecule has 0 radical (unpaired) electrons. The van der Waals surface area contributed by atoms with Crippen LogP contribution in [0.3, 0.4) is 0 Å². The van der Waals surface area contributed by atoms with E-state index in [0.717, 1.165) is 24.4 Å². The van der Waals surface area contributed by atoms with Crippen LogP contribution >= 0.6 is 11.3 Å². The maximum Gasteiger partial charge on any atom is 0.100 e. The van der Waals surface area contributed by atoms with Crippen molar-refractivity contribution in [3.05, 3.63) is 16.1 Å². The predicted octanol–water partition coefficient (Wildman–Crippen LogP) is 0.556. The Labute approximate surface area is 100 Å². The van der Waals surface area contributed by atoms with Crippen molar-refractivity contribution in [2.75, 3.05) is 20.6 Å². The molecule has 0 atom stereocenters. The van der Waals surface area contributed by atoms with Crippen LogP contribution < -0.4 is 5.73 Å². The average molecular weight is 241 g/mol. The van der Waals surface area contributed by atoms with E-state index in [1.165, 1.54) is 4.88 Å². The maximum atomic E-state index is 9.44. The second-order valence-electron chi connectivity index (χ2n) is 4.92. The summed E-state index contributed by atoms with van der Waals surface area (Å²) >= 11 is 1.73. The summed E-state index contributed by atoms with van der Waals surface area (Å²) in [6, 6.07) is 0. The minimum absolute atomic E-state index is 0.0470. The monoisotopic (exact) mass is 241 g/mol. The van der Waals surface area contributed by atoms with E-state index < -0.39 is 0 Å². The Balaban J connectivity index is 2.11. The van der Waals surface area contributed by atoms with E-state index in [1.807, 2.05) is 20.3 Å². The van der Waals surface area contributed by atoms with Gasteiger partial charge in [-0.05, 0) is 26.9 Å². The highest BCUT2D eigenvalue weighted by molar-refractivity contribution is 7.11. The van der Waals surface area contributed by atoms with Gasteiger partial charge in [-0.25, -0.2) is 4.98 Å². The van der Waals surface area contributed by atoms with E-state index in [1.54, 1.807) is 11.3 Å². The van der Waals surface area contributed by atoms with Crippen LogP contribution in [-0.2, 0) is 12.0 Å². The molecule has 1 aliphatic rings. The summed E-state index contributed by atoms with van der Waals surface area (Å²) in [7, 11) is 4.09. The number of aliphatic hydroxyl groups excluding tert-OH is 1. The quantitative estimate of drug-likeness (QED) is 0.808. The lowest BCUT2D eigenvalue weighted by Crippen LogP contribution is -2.49. The van der Waals surface area contributed by atoms with E-state index in [2.05, 4.69) is 9.88 Å². The second-order valence-corrected chi connectivity index (χ2v) is 6.03. The molecular weight excluding hydrogens is 222 g/mol. The fourth-order valence-corrected chi connectivity index (χ4v) is 3.46. The molecule has 90 valence electrons. The number of rotatable bonds is 4. The van der Waals surface area contributed by atoms with Gasteiger partial charge in [0.15, 0.2) is 0 Å². The fourth-order valence-electron chi connectivity index (χ4n) is 2.21. The molecule has 0 saturated heterocycles. The number of nitrogens with two attached hydrogens (primary N) is 1. The van der Waals surface area contributed by atoms with E-state index >= 15 is 0 Å². The van der Waals surface area contributed by atoms with Crippen molar-refractivity contribution in [3.63, 3.8) is 0 Å². The number of aromatic nitrogens is 1. The third kappa shape index (κ3) is 2.13. The maximum absolute atomic E-state index is 9.44. The van der Waals surface area contributed by atoms with Crippen LogP contribution in [0.1, 0.15) is 22.7 Å². The highest BCUT2D eigenvalue weighted by atomic mass is 32.1. The Kier molecular flexibility index (Phi) is 3.30. The number of hydrogen-bond donors (Lipinski definition) is 2. The Bertz CT molecular complexity index is 358. The van der Waals surface area contributed by atoms with Crippen molar-refractivity contribution < 1.29 is 5.11 Å². The minimum Gasteiger partial charge on any atom is -0.393 e. The highest BCUT2D eigenvalue weighted by Gasteiger charge is 2.45. The largest absolute Gasteiger partial charge is 0.393 e. The molecule has 1 saturated carbocycles. The standard InChI is InChI=1S/C11H19N3OS/c1-14(2)6-9-5-13-10(16-9)11(7-12)3-8(15)4-11/h5,8,15H,3-4,6-7,12H2,1-2H3. The summed E-state index contributed by atoms with van der Waals surface area (Å²) in [4.78, 5) is 7.85. The summed E-state index contributed by atoms with van der Waals surface area (Å²) in [6.45, 7) is 1.50. The Hall–Kier alpha value is -0.490. The molecule has 0 unspecified atom stereocenters. The van der Waals surface area contributed by atoms with Gasteiger partial charge in [-0.3, -0.25) is 0 Å². The van der Waals surface area contributed by atoms with Gasteiger partial charge in [0.25, 0.3) is 0 Å². The molecular formula is C11H19N3OS. The normalized spacial score (nSPS) is 29.4. The second kappa shape index (κ2) is 4.41.